The van der Waals surface area contributed by atoms with Crippen molar-refractivity contribution in [2.75, 3.05) is 6.61 Å². The molecular weight excluding hydrogens is 338 g/mol. The number of nitrogens with one attached hydrogen (secondary N) is 1. The van der Waals surface area contributed by atoms with Crippen LogP contribution in [-0.2, 0) is 17.8 Å². The molecule has 3 aromatic heterocycles. The quantitative estimate of drug-likeness (QED) is 0.701. The van der Waals surface area contributed by atoms with Crippen molar-refractivity contribution < 1.29 is 13.9 Å². The second-order valence-electron chi connectivity index (χ2n) is 5.35. The summed E-state index contributed by atoms with van der Waals surface area (Å²) in [5.74, 6) is 1.64. The first-order valence-corrected chi connectivity index (χ1v) is 8.89. The van der Waals surface area contributed by atoms with Gasteiger partial charge in [0, 0.05) is 18.3 Å². The summed E-state index contributed by atoms with van der Waals surface area (Å²) in [6.07, 6.45) is 1.84. The van der Waals surface area contributed by atoms with Crippen LogP contribution in [0.3, 0.4) is 0 Å². The predicted molar refractivity (Wildman–Crippen MR) is 95.5 cm³/mol. The summed E-state index contributed by atoms with van der Waals surface area (Å²) in [5.41, 5.74) is 1.49. The third-order valence-electron chi connectivity index (χ3n) is 3.56. The fourth-order valence-electron chi connectivity index (χ4n) is 2.33. The number of nitrogens with zero attached hydrogens (tertiary/aromatic N) is 2. The van der Waals surface area contributed by atoms with Crippen LogP contribution in [0.2, 0.25) is 0 Å². The largest absolute Gasteiger partial charge is 0.478 e. The molecule has 6 nitrogen and oxygen atoms in total. The Kier molecular flexibility index (Phi) is 5.45. The standard InChI is InChI=1S/C18H19N3O3S/c1-3-23-17-13(6-4-8-19-17)11-20-16(22)10-14-12(2)24-18(21-14)15-7-5-9-25-15/h4-9H,3,10-11H2,1-2H3,(H,20,22). The fraction of sp³-hybridized carbons (Fsp3) is 0.278. The highest BCUT2D eigenvalue weighted by molar-refractivity contribution is 7.13. The summed E-state index contributed by atoms with van der Waals surface area (Å²) in [4.78, 5) is 21.8. The lowest BCUT2D eigenvalue weighted by Gasteiger charge is -2.09. The number of amides is 1. The van der Waals surface area contributed by atoms with E-state index < -0.39 is 0 Å². The van der Waals surface area contributed by atoms with Crippen molar-refractivity contribution in [2.24, 2.45) is 0 Å². The monoisotopic (exact) mass is 357 g/mol. The van der Waals surface area contributed by atoms with Crippen molar-refractivity contribution in [1.82, 2.24) is 15.3 Å². The normalized spacial score (nSPS) is 10.6. The van der Waals surface area contributed by atoms with Crippen molar-refractivity contribution in [3.63, 3.8) is 0 Å². The van der Waals surface area contributed by atoms with Gasteiger partial charge in [-0.1, -0.05) is 12.1 Å². The van der Waals surface area contributed by atoms with E-state index in [-0.39, 0.29) is 12.3 Å². The third-order valence-corrected chi connectivity index (χ3v) is 4.42. The van der Waals surface area contributed by atoms with Crippen LogP contribution in [0.1, 0.15) is 23.9 Å². The van der Waals surface area contributed by atoms with Gasteiger partial charge in [-0.05, 0) is 31.4 Å². The van der Waals surface area contributed by atoms with Crippen LogP contribution >= 0.6 is 11.3 Å². The molecule has 0 aliphatic heterocycles. The minimum atomic E-state index is -0.125. The van der Waals surface area contributed by atoms with Gasteiger partial charge >= 0.3 is 0 Å². The smallest absolute Gasteiger partial charge is 0.236 e. The van der Waals surface area contributed by atoms with E-state index in [1.165, 1.54) is 0 Å². The molecular formula is C18H19N3O3S. The first-order valence-electron chi connectivity index (χ1n) is 8.01. The van der Waals surface area contributed by atoms with Crippen molar-refractivity contribution in [1.29, 1.82) is 0 Å². The van der Waals surface area contributed by atoms with Crippen molar-refractivity contribution in [3.8, 4) is 16.6 Å². The Bertz CT molecular complexity index is 843. The topological polar surface area (TPSA) is 77.2 Å². The Hall–Kier alpha value is -2.67. The third kappa shape index (κ3) is 4.24. The molecule has 0 unspecified atom stereocenters. The molecule has 0 saturated carbocycles. The van der Waals surface area contributed by atoms with E-state index in [0.717, 1.165) is 10.4 Å². The summed E-state index contributed by atoms with van der Waals surface area (Å²) in [7, 11) is 0. The first-order chi connectivity index (χ1) is 12.2. The SMILES string of the molecule is CCOc1ncccc1CNC(=O)Cc1nc(-c2cccs2)oc1C. The minimum Gasteiger partial charge on any atom is -0.478 e. The Labute approximate surface area is 149 Å². The molecule has 0 fully saturated rings. The number of carbonyl (C=O) groups excluding carboxylic acids is 1. The number of aryl methyl sites for hydroxylation is 1. The number of oxazole rings is 1. The molecule has 0 aliphatic carbocycles. The highest BCUT2D eigenvalue weighted by Crippen LogP contribution is 2.26. The van der Waals surface area contributed by atoms with Gasteiger partial charge in [0.2, 0.25) is 17.7 Å². The maximum absolute atomic E-state index is 12.3. The second kappa shape index (κ2) is 7.94. The summed E-state index contributed by atoms with van der Waals surface area (Å²) in [6, 6.07) is 7.58. The van der Waals surface area contributed by atoms with Gasteiger partial charge < -0.3 is 14.5 Å². The van der Waals surface area contributed by atoms with E-state index in [2.05, 4.69) is 15.3 Å². The molecule has 1 amide bonds. The average molecular weight is 357 g/mol. The van der Waals surface area contributed by atoms with Crippen molar-refractivity contribution in [3.05, 3.63) is 52.9 Å². The first kappa shape index (κ1) is 17.2. The van der Waals surface area contributed by atoms with E-state index >= 15 is 0 Å². The lowest BCUT2D eigenvalue weighted by Crippen LogP contribution is -2.25. The Morgan fingerprint density at radius 1 is 1.36 bits per heavy atom. The van der Waals surface area contributed by atoms with Crippen molar-refractivity contribution in [2.45, 2.75) is 26.8 Å². The number of rotatable bonds is 7. The molecule has 0 radical (unpaired) electrons. The molecule has 3 aromatic rings. The van der Waals surface area contributed by atoms with Crippen LogP contribution in [0, 0.1) is 6.92 Å². The number of aromatic nitrogens is 2. The van der Waals surface area contributed by atoms with Crippen LogP contribution in [-0.4, -0.2) is 22.5 Å². The van der Waals surface area contributed by atoms with Gasteiger partial charge in [-0.25, -0.2) is 9.97 Å². The Morgan fingerprint density at radius 2 is 2.24 bits per heavy atom. The number of hydrogen-bond acceptors (Lipinski definition) is 6. The van der Waals surface area contributed by atoms with E-state index in [9.17, 15) is 4.79 Å². The summed E-state index contributed by atoms with van der Waals surface area (Å²) in [6.45, 7) is 4.61. The summed E-state index contributed by atoms with van der Waals surface area (Å²) in [5, 5.41) is 4.84. The van der Waals surface area contributed by atoms with Crippen LogP contribution < -0.4 is 10.1 Å². The molecule has 7 heteroatoms. The molecule has 0 bridgehead atoms. The molecule has 3 rings (SSSR count). The molecule has 0 saturated heterocycles. The lowest BCUT2D eigenvalue weighted by atomic mass is 10.2. The van der Waals surface area contributed by atoms with E-state index in [1.54, 1.807) is 17.5 Å². The molecule has 130 valence electrons. The molecule has 0 aliphatic rings. The minimum absolute atomic E-state index is 0.125. The van der Waals surface area contributed by atoms with Crippen molar-refractivity contribution >= 4 is 17.2 Å². The molecule has 0 atom stereocenters. The summed E-state index contributed by atoms with van der Waals surface area (Å²) >= 11 is 1.55. The zero-order valence-corrected chi connectivity index (χ0v) is 14.9. The highest BCUT2D eigenvalue weighted by atomic mass is 32.1. The van der Waals surface area contributed by atoms with Crippen LogP contribution in [0.5, 0.6) is 5.88 Å². The van der Waals surface area contributed by atoms with Gasteiger partial charge in [-0.3, -0.25) is 4.79 Å². The van der Waals surface area contributed by atoms with E-state index in [1.807, 2.05) is 43.5 Å². The van der Waals surface area contributed by atoms with Gasteiger partial charge in [0.05, 0.1) is 23.6 Å². The highest BCUT2D eigenvalue weighted by Gasteiger charge is 2.15. The number of ether oxygens (including phenoxy) is 1. The van der Waals surface area contributed by atoms with Gasteiger partial charge in [0.15, 0.2) is 0 Å². The fourth-order valence-corrected chi connectivity index (χ4v) is 2.98. The predicted octanol–water partition coefficient (Wildman–Crippen LogP) is 3.36. The van der Waals surface area contributed by atoms with Gasteiger partial charge in [-0.2, -0.15) is 0 Å². The zero-order chi connectivity index (χ0) is 17.6. The Morgan fingerprint density at radius 3 is 3.00 bits per heavy atom. The average Bonchev–Trinajstić information content (AvgIpc) is 3.25. The molecule has 0 aromatic carbocycles. The van der Waals surface area contributed by atoms with Crippen LogP contribution in [0.4, 0.5) is 0 Å². The zero-order valence-electron chi connectivity index (χ0n) is 14.1. The van der Waals surface area contributed by atoms with Gasteiger partial charge in [0.25, 0.3) is 0 Å². The van der Waals surface area contributed by atoms with Crippen LogP contribution in [0.15, 0.2) is 40.3 Å². The lowest BCUT2D eigenvalue weighted by molar-refractivity contribution is -0.120. The van der Waals surface area contributed by atoms with Crippen LogP contribution in [0.25, 0.3) is 10.8 Å². The Balaban J connectivity index is 1.62. The maximum atomic E-state index is 12.3. The maximum Gasteiger partial charge on any atom is 0.236 e. The second-order valence-corrected chi connectivity index (χ2v) is 6.30. The number of carbonyl (C=O) groups is 1. The number of pyridine rings is 1. The molecule has 0 spiro atoms. The van der Waals surface area contributed by atoms with Gasteiger partial charge in [-0.15, -0.1) is 11.3 Å². The summed E-state index contributed by atoms with van der Waals surface area (Å²) < 4.78 is 11.1. The number of thiophene rings is 1. The van der Waals surface area contributed by atoms with E-state index in [4.69, 9.17) is 9.15 Å². The number of hydrogen-bond donors (Lipinski definition) is 1. The van der Waals surface area contributed by atoms with E-state index in [0.29, 0.717) is 36.4 Å². The molecule has 3 heterocycles. The molecule has 25 heavy (non-hydrogen) atoms. The molecule has 1 N–H and O–H groups in total. The van der Waals surface area contributed by atoms with Gasteiger partial charge in [0.1, 0.15) is 5.76 Å².